The third-order valence-electron chi connectivity index (χ3n) is 5.79. The molecule has 0 aromatic heterocycles. The van der Waals surface area contributed by atoms with Crippen LogP contribution in [0.1, 0.15) is 53.2 Å². The molecule has 4 nitrogen and oxygen atoms in total. The standard InChI is InChI=1S/C26H24BrNO3/c1-17(2)19-8-10-20(11-9-19)24(29)15-26(31)22-14-21(27)12-13-23(22)28(25(26)30)16-18-6-4-3-5-7-18/h3-14,17,31H,15-16H2,1-2H3/t26-/m1/s1. The first kappa shape index (κ1) is 21.5. The Morgan fingerprint density at radius 2 is 1.71 bits per heavy atom. The molecule has 0 radical (unpaired) electrons. The fraction of sp³-hybridized carbons (Fsp3) is 0.231. The van der Waals surface area contributed by atoms with Gasteiger partial charge >= 0.3 is 0 Å². The molecule has 158 valence electrons. The number of amides is 1. The van der Waals surface area contributed by atoms with E-state index in [-0.39, 0.29) is 12.2 Å². The van der Waals surface area contributed by atoms with Gasteiger partial charge in [-0.15, -0.1) is 0 Å². The molecule has 3 aromatic rings. The van der Waals surface area contributed by atoms with Crippen LogP contribution < -0.4 is 4.90 Å². The summed E-state index contributed by atoms with van der Waals surface area (Å²) in [6, 6.07) is 22.4. The number of carbonyl (C=O) groups is 2. The van der Waals surface area contributed by atoms with E-state index in [0.717, 1.165) is 15.6 Å². The molecule has 4 rings (SSSR count). The molecule has 1 aliphatic rings. The average Bonchev–Trinajstić information content (AvgIpc) is 2.96. The summed E-state index contributed by atoms with van der Waals surface area (Å²) in [5.41, 5.74) is 1.75. The van der Waals surface area contributed by atoms with Gasteiger partial charge in [0.1, 0.15) is 0 Å². The third kappa shape index (κ3) is 4.08. The molecule has 1 atom stereocenters. The first-order valence-corrected chi connectivity index (χ1v) is 11.1. The van der Waals surface area contributed by atoms with Crippen LogP contribution in [0.5, 0.6) is 0 Å². The topological polar surface area (TPSA) is 57.6 Å². The maximum Gasteiger partial charge on any atom is 0.264 e. The molecule has 0 aliphatic carbocycles. The monoisotopic (exact) mass is 477 g/mol. The zero-order valence-corrected chi connectivity index (χ0v) is 19.1. The van der Waals surface area contributed by atoms with Gasteiger partial charge in [0.25, 0.3) is 5.91 Å². The number of hydrogen-bond acceptors (Lipinski definition) is 3. The van der Waals surface area contributed by atoms with Gasteiger partial charge < -0.3 is 10.0 Å². The van der Waals surface area contributed by atoms with Crippen molar-refractivity contribution >= 4 is 33.3 Å². The Morgan fingerprint density at radius 3 is 2.35 bits per heavy atom. The molecule has 0 saturated heterocycles. The van der Waals surface area contributed by atoms with E-state index in [1.807, 2.05) is 48.5 Å². The number of halogens is 1. The van der Waals surface area contributed by atoms with E-state index >= 15 is 0 Å². The van der Waals surface area contributed by atoms with E-state index in [9.17, 15) is 14.7 Å². The Hall–Kier alpha value is -2.76. The number of hydrogen-bond donors (Lipinski definition) is 1. The van der Waals surface area contributed by atoms with Gasteiger partial charge in [-0.3, -0.25) is 9.59 Å². The first-order valence-electron chi connectivity index (χ1n) is 10.3. The fourth-order valence-corrected chi connectivity index (χ4v) is 4.37. The molecule has 1 amide bonds. The third-order valence-corrected chi connectivity index (χ3v) is 6.29. The second-order valence-electron chi connectivity index (χ2n) is 8.28. The maximum absolute atomic E-state index is 13.4. The Bertz CT molecular complexity index is 1130. The first-order chi connectivity index (χ1) is 14.8. The molecule has 0 spiro atoms. The van der Waals surface area contributed by atoms with Crippen molar-refractivity contribution in [3.8, 4) is 0 Å². The Labute approximate surface area is 190 Å². The Balaban J connectivity index is 1.67. The van der Waals surface area contributed by atoms with Gasteiger partial charge in [0.15, 0.2) is 11.4 Å². The summed E-state index contributed by atoms with van der Waals surface area (Å²) in [4.78, 5) is 28.0. The average molecular weight is 478 g/mol. The van der Waals surface area contributed by atoms with Crippen LogP contribution in [-0.4, -0.2) is 16.8 Å². The number of nitrogens with zero attached hydrogens (tertiary/aromatic N) is 1. The van der Waals surface area contributed by atoms with Gasteiger partial charge in [-0.1, -0.05) is 84.4 Å². The maximum atomic E-state index is 13.4. The molecule has 1 N–H and O–H groups in total. The molecule has 0 saturated carbocycles. The van der Waals surface area contributed by atoms with Crippen molar-refractivity contribution in [1.29, 1.82) is 0 Å². The van der Waals surface area contributed by atoms with Gasteiger partial charge in [-0.05, 0) is 35.2 Å². The quantitative estimate of drug-likeness (QED) is 0.471. The summed E-state index contributed by atoms with van der Waals surface area (Å²) in [5.74, 6) is -0.379. The number of fused-ring (bicyclic) bond motifs is 1. The summed E-state index contributed by atoms with van der Waals surface area (Å²) in [5, 5.41) is 11.5. The zero-order valence-electron chi connectivity index (χ0n) is 17.5. The summed E-state index contributed by atoms with van der Waals surface area (Å²) >= 11 is 3.43. The van der Waals surface area contributed by atoms with E-state index in [0.29, 0.717) is 29.3 Å². The molecule has 0 unspecified atom stereocenters. The molecular weight excluding hydrogens is 454 g/mol. The highest BCUT2D eigenvalue weighted by Crippen LogP contribution is 2.44. The minimum atomic E-state index is -1.90. The van der Waals surface area contributed by atoms with Gasteiger partial charge in [0.05, 0.1) is 18.7 Å². The molecular formula is C26H24BrNO3. The number of benzene rings is 3. The normalized spacial score (nSPS) is 17.8. The number of rotatable bonds is 6. The van der Waals surface area contributed by atoms with E-state index in [4.69, 9.17) is 0 Å². The van der Waals surface area contributed by atoms with E-state index in [1.165, 1.54) is 0 Å². The number of anilines is 1. The highest BCUT2D eigenvalue weighted by atomic mass is 79.9. The van der Waals surface area contributed by atoms with Crippen molar-refractivity contribution in [2.75, 3.05) is 4.90 Å². The molecule has 1 aliphatic heterocycles. The van der Waals surface area contributed by atoms with Gasteiger partial charge in [-0.25, -0.2) is 0 Å². The molecule has 3 aromatic carbocycles. The van der Waals surface area contributed by atoms with Crippen molar-refractivity contribution in [2.45, 2.75) is 38.3 Å². The van der Waals surface area contributed by atoms with Crippen LogP contribution in [0.2, 0.25) is 0 Å². The zero-order chi connectivity index (χ0) is 22.2. The lowest BCUT2D eigenvalue weighted by Crippen LogP contribution is -2.41. The van der Waals surface area contributed by atoms with Crippen molar-refractivity contribution in [3.63, 3.8) is 0 Å². The highest BCUT2D eigenvalue weighted by Gasteiger charge is 2.51. The van der Waals surface area contributed by atoms with Crippen molar-refractivity contribution in [3.05, 3.63) is 99.5 Å². The van der Waals surface area contributed by atoms with Crippen LogP contribution >= 0.6 is 15.9 Å². The molecule has 5 heteroatoms. The highest BCUT2D eigenvalue weighted by molar-refractivity contribution is 9.10. The summed E-state index contributed by atoms with van der Waals surface area (Å²) in [7, 11) is 0. The SMILES string of the molecule is CC(C)c1ccc(C(=O)C[C@]2(O)C(=O)N(Cc3ccccc3)c3ccc(Br)cc32)cc1. The van der Waals surface area contributed by atoms with Crippen LogP contribution in [0.15, 0.2) is 77.3 Å². The van der Waals surface area contributed by atoms with E-state index < -0.39 is 11.5 Å². The second-order valence-corrected chi connectivity index (χ2v) is 9.19. The lowest BCUT2D eigenvalue weighted by atomic mass is 9.87. The second kappa shape index (κ2) is 8.40. The summed E-state index contributed by atoms with van der Waals surface area (Å²) < 4.78 is 0.743. The number of carbonyl (C=O) groups excluding carboxylic acids is 2. The van der Waals surface area contributed by atoms with Crippen molar-refractivity contribution < 1.29 is 14.7 Å². The van der Waals surface area contributed by atoms with Gasteiger partial charge in [0.2, 0.25) is 0 Å². The lowest BCUT2D eigenvalue weighted by molar-refractivity contribution is -0.136. The molecule has 0 bridgehead atoms. The van der Waals surface area contributed by atoms with Gasteiger partial charge in [0, 0.05) is 15.6 Å². The Kier molecular flexibility index (Phi) is 5.82. The van der Waals surface area contributed by atoms with Crippen LogP contribution in [0, 0.1) is 0 Å². The van der Waals surface area contributed by atoms with Gasteiger partial charge in [-0.2, -0.15) is 0 Å². The molecule has 0 fully saturated rings. The van der Waals surface area contributed by atoms with E-state index in [1.54, 1.807) is 29.2 Å². The van der Waals surface area contributed by atoms with Crippen LogP contribution in [-0.2, 0) is 16.9 Å². The smallest absolute Gasteiger partial charge is 0.264 e. The summed E-state index contributed by atoms with van der Waals surface area (Å²) in [6.07, 6.45) is -0.304. The fourth-order valence-electron chi connectivity index (χ4n) is 4.00. The van der Waals surface area contributed by atoms with E-state index in [2.05, 4.69) is 29.8 Å². The Morgan fingerprint density at radius 1 is 1.03 bits per heavy atom. The predicted octanol–water partition coefficient (Wildman–Crippen LogP) is 5.58. The minimum Gasteiger partial charge on any atom is -0.375 e. The number of aliphatic hydroxyl groups is 1. The van der Waals surface area contributed by atoms with Crippen molar-refractivity contribution in [2.24, 2.45) is 0 Å². The summed E-state index contributed by atoms with van der Waals surface area (Å²) in [6.45, 7) is 4.51. The lowest BCUT2D eigenvalue weighted by Gasteiger charge is -2.23. The largest absolute Gasteiger partial charge is 0.375 e. The van der Waals surface area contributed by atoms with Crippen molar-refractivity contribution in [1.82, 2.24) is 0 Å². The molecule has 1 heterocycles. The number of ketones is 1. The van der Waals surface area contributed by atoms with Crippen LogP contribution in [0.25, 0.3) is 0 Å². The molecule has 31 heavy (non-hydrogen) atoms. The minimum absolute atomic E-state index is 0.265. The van der Waals surface area contributed by atoms with Crippen LogP contribution in [0.4, 0.5) is 5.69 Å². The number of Topliss-reactive ketones (excluding diaryl/α,β-unsaturated/α-hetero) is 1. The van der Waals surface area contributed by atoms with Crippen LogP contribution in [0.3, 0.4) is 0 Å². The predicted molar refractivity (Wildman–Crippen MR) is 125 cm³/mol.